The molecule has 3 heterocycles. The molecule has 0 saturated carbocycles. The van der Waals surface area contributed by atoms with Gasteiger partial charge in [0.25, 0.3) is 0 Å². The Labute approximate surface area is 212 Å². The average Bonchev–Trinajstić information content (AvgIpc) is 3.41. The number of para-hydroxylation sites is 2. The summed E-state index contributed by atoms with van der Waals surface area (Å²) in [5.74, 6) is 0.860. The molecule has 36 heavy (non-hydrogen) atoms. The van der Waals surface area contributed by atoms with E-state index in [1.165, 1.54) is 5.19 Å². The summed E-state index contributed by atoms with van der Waals surface area (Å²) in [7, 11) is -1.46. The van der Waals surface area contributed by atoms with Crippen LogP contribution in [0.15, 0.2) is 83.4 Å². The molecule has 0 spiro atoms. The number of furan rings is 1. The molecule has 0 aliphatic heterocycles. The first-order chi connectivity index (χ1) is 17.1. The fourth-order valence-electron chi connectivity index (χ4n) is 4.85. The van der Waals surface area contributed by atoms with Crippen LogP contribution in [0.3, 0.4) is 0 Å². The minimum atomic E-state index is -1.46. The summed E-state index contributed by atoms with van der Waals surface area (Å²) >= 11 is 0. The third-order valence-electron chi connectivity index (χ3n) is 6.93. The molecule has 6 aromatic rings. The Morgan fingerprint density at radius 2 is 1.61 bits per heavy atom. The van der Waals surface area contributed by atoms with E-state index in [4.69, 9.17) is 14.4 Å². The molecule has 6 rings (SSSR count). The topological polar surface area (TPSA) is 43.9 Å². The number of hydrogen-bond donors (Lipinski definition) is 0. The lowest BCUT2D eigenvalue weighted by molar-refractivity contribution is 0.570. The maximum absolute atomic E-state index is 6.59. The minimum absolute atomic E-state index is 0.0578. The van der Waals surface area contributed by atoms with E-state index in [0.29, 0.717) is 0 Å². The van der Waals surface area contributed by atoms with Gasteiger partial charge in [0.15, 0.2) is 0 Å². The van der Waals surface area contributed by atoms with E-state index in [0.717, 1.165) is 55.7 Å². The van der Waals surface area contributed by atoms with Gasteiger partial charge in [0.05, 0.1) is 30.9 Å². The highest BCUT2D eigenvalue weighted by molar-refractivity contribution is 6.88. The SMILES string of the molecule is CC(C)(C)c1cc2nc(-c3cccc4c3oc3cc([Si](C)(C)C)ccc34)n(-c3ccccc3)c2cn1. The predicted molar refractivity (Wildman–Crippen MR) is 153 cm³/mol. The first-order valence-corrected chi connectivity index (χ1v) is 16.0. The quantitative estimate of drug-likeness (QED) is 0.238. The van der Waals surface area contributed by atoms with E-state index in [1.807, 2.05) is 12.3 Å². The summed E-state index contributed by atoms with van der Waals surface area (Å²) in [5.41, 5.74) is 6.73. The third kappa shape index (κ3) is 3.66. The van der Waals surface area contributed by atoms with Crippen LogP contribution in [0.5, 0.6) is 0 Å². The molecular weight excluding hydrogens is 458 g/mol. The van der Waals surface area contributed by atoms with Crippen molar-refractivity contribution in [3.8, 4) is 17.1 Å². The normalized spacial score (nSPS) is 12.7. The Morgan fingerprint density at radius 3 is 2.33 bits per heavy atom. The molecule has 0 N–H and O–H groups in total. The first kappa shape index (κ1) is 22.7. The van der Waals surface area contributed by atoms with Gasteiger partial charge in [-0.1, -0.05) is 88.1 Å². The fourth-order valence-corrected chi connectivity index (χ4v) is 6.00. The lowest BCUT2D eigenvalue weighted by atomic mass is 9.91. The van der Waals surface area contributed by atoms with Gasteiger partial charge in [-0.3, -0.25) is 9.55 Å². The molecule has 0 unspecified atom stereocenters. The van der Waals surface area contributed by atoms with Gasteiger partial charge in [0, 0.05) is 27.6 Å². The Hall–Kier alpha value is -3.70. The average molecular weight is 490 g/mol. The van der Waals surface area contributed by atoms with Gasteiger partial charge in [-0.15, -0.1) is 0 Å². The summed E-state index contributed by atoms with van der Waals surface area (Å²) in [5, 5.41) is 3.66. The zero-order valence-electron chi connectivity index (χ0n) is 21.8. The summed E-state index contributed by atoms with van der Waals surface area (Å²) in [6.07, 6.45) is 1.96. The third-order valence-corrected chi connectivity index (χ3v) is 8.97. The number of pyridine rings is 1. The number of fused-ring (bicyclic) bond motifs is 4. The molecule has 0 atom stereocenters. The van der Waals surface area contributed by atoms with Crippen LogP contribution in [0, 0.1) is 0 Å². The number of hydrogen-bond acceptors (Lipinski definition) is 3. The molecule has 4 nitrogen and oxygen atoms in total. The van der Waals surface area contributed by atoms with Crippen molar-refractivity contribution >= 4 is 46.2 Å². The summed E-state index contributed by atoms with van der Waals surface area (Å²) in [6.45, 7) is 13.6. The van der Waals surface area contributed by atoms with Crippen molar-refractivity contribution in [2.75, 3.05) is 0 Å². The van der Waals surface area contributed by atoms with Gasteiger partial charge in [-0.05, 0) is 30.3 Å². The zero-order chi connectivity index (χ0) is 25.2. The van der Waals surface area contributed by atoms with E-state index < -0.39 is 8.07 Å². The van der Waals surface area contributed by atoms with Gasteiger partial charge in [0.1, 0.15) is 17.0 Å². The van der Waals surface area contributed by atoms with Gasteiger partial charge in [0.2, 0.25) is 0 Å². The van der Waals surface area contributed by atoms with Gasteiger partial charge in [-0.25, -0.2) is 4.98 Å². The number of aromatic nitrogens is 3. The smallest absolute Gasteiger partial charge is 0.149 e. The molecule has 3 aromatic carbocycles. The van der Waals surface area contributed by atoms with Crippen LogP contribution in [0.2, 0.25) is 19.6 Å². The van der Waals surface area contributed by atoms with Crippen molar-refractivity contribution in [1.82, 2.24) is 14.5 Å². The highest BCUT2D eigenvalue weighted by atomic mass is 28.3. The number of rotatable bonds is 3. The second kappa shape index (κ2) is 7.90. The Morgan fingerprint density at radius 1 is 0.833 bits per heavy atom. The summed E-state index contributed by atoms with van der Waals surface area (Å²) in [4.78, 5) is 10.0. The molecule has 0 bridgehead atoms. The molecule has 0 fully saturated rings. The highest BCUT2D eigenvalue weighted by Crippen LogP contribution is 2.38. The maximum Gasteiger partial charge on any atom is 0.149 e. The van der Waals surface area contributed by atoms with Crippen LogP contribution in [0.25, 0.3) is 50.0 Å². The van der Waals surface area contributed by atoms with Crippen molar-refractivity contribution in [1.29, 1.82) is 0 Å². The van der Waals surface area contributed by atoms with E-state index >= 15 is 0 Å². The van der Waals surface area contributed by atoms with Crippen molar-refractivity contribution in [3.63, 3.8) is 0 Å². The lowest BCUT2D eigenvalue weighted by Gasteiger charge is -2.17. The van der Waals surface area contributed by atoms with Crippen LogP contribution < -0.4 is 5.19 Å². The molecule has 5 heteroatoms. The van der Waals surface area contributed by atoms with Crippen LogP contribution >= 0.6 is 0 Å². The predicted octanol–water partition coefficient (Wildman–Crippen LogP) is 7.83. The van der Waals surface area contributed by atoms with E-state index in [2.05, 4.69) is 112 Å². The van der Waals surface area contributed by atoms with Crippen molar-refractivity contribution < 1.29 is 4.42 Å². The summed E-state index contributed by atoms with van der Waals surface area (Å²) < 4.78 is 8.79. The maximum atomic E-state index is 6.59. The van der Waals surface area contributed by atoms with Gasteiger partial charge < -0.3 is 4.42 Å². The molecule has 0 saturated heterocycles. The fraction of sp³-hybridized carbons (Fsp3) is 0.226. The molecular formula is C31H31N3OSi. The molecule has 0 aliphatic carbocycles. The zero-order valence-corrected chi connectivity index (χ0v) is 22.8. The molecule has 0 amide bonds. The van der Waals surface area contributed by atoms with E-state index in [-0.39, 0.29) is 5.41 Å². The molecule has 0 aliphatic rings. The lowest BCUT2D eigenvalue weighted by Crippen LogP contribution is -2.37. The number of imidazole rings is 1. The summed E-state index contributed by atoms with van der Waals surface area (Å²) in [6, 6.07) is 25.6. The first-order valence-electron chi connectivity index (χ1n) is 12.5. The monoisotopic (exact) mass is 489 g/mol. The Kier molecular flexibility index (Phi) is 4.99. The van der Waals surface area contributed by atoms with Gasteiger partial charge >= 0.3 is 0 Å². The minimum Gasteiger partial charge on any atom is -0.455 e. The van der Waals surface area contributed by atoms with Crippen molar-refractivity contribution in [3.05, 3.63) is 84.7 Å². The van der Waals surface area contributed by atoms with E-state index in [1.54, 1.807) is 0 Å². The van der Waals surface area contributed by atoms with E-state index in [9.17, 15) is 0 Å². The van der Waals surface area contributed by atoms with Crippen LogP contribution in [-0.4, -0.2) is 22.6 Å². The van der Waals surface area contributed by atoms with Crippen molar-refractivity contribution in [2.45, 2.75) is 45.8 Å². The number of benzene rings is 3. The second-order valence-corrected chi connectivity index (χ2v) is 16.7. The van der Waals surface area contributed by atoms with Gasteiger partial charge in [-0.2, -0.15) is 0 Å². The van der Waals surface area contributed by atoms with Crippen molar-refractivity contribution in [2.24, 2.45) is 0 Å². The molecule has 180 valence electrons. The highest BCUT2D eigenvalue weighted by Gasteiger charge is 2.23. The van der Waals surface area contributed by atoms with Crippen LogP contribution in [0.4, 0.5) is 0 Å². The Balaban J connectivity index is 1.66. The number of nitrogens with zero attached hydrogens (tertiary/aromatic N) is 3. The standard InChI is InChI=1S/C31H31N3OSi/c1-31(2,3)28-18-25-26(19-32-28)34(20-11-8-7-9-12-20)30(33-25)24-14-10-13-23-22-16-15-21(36(4,5)6)17-27(22)35-29(23)24/h7-19H,1-6H3. The molecule has 0 radical (unpaired) electrons. The van der Waals surface area contributed by atoms with Crippen LogP contribution in [-0.2, 0) is 5.41 Å². The van der Waals surface area contributed by atoms with Crippen LogP contribution in [0.1, 0.15) is 26.5 Å². The molecule has 3 aromatic heterocycles. The Bertz CT molecular complexity index is 1750. The second-order valence-electron chi connectivity index (χ2n) is 11.7. The largest absolute Gasteiger partial charge is 0.455 e.